The standard InChI is InChI=1S/C13H29NO4Si/c1-12(2,11-14)8-10-19(17-5)9-6-7-13(15-3,16-4)18-19/h6-11,14H2,1-5H3. The van der Waals surface area contributed by atoms with Crippen LogP contribution in [0.15, 0.2) is 0 Å². The van der Waals surface area contributed by atoms with Crippen LogP contribution in [0, 0.1) is 5.41 Å². The predicted octanol–water partition coefficient (Wildman–Crippen LogP) is 2.21. The van der Waals surface area contributed by atoms with Gasteiger partial charge in [0.15, 0.2) is 0 Å². The predicted molar refractivity (Wildman–Crippen MR) is 76.9 cm³/mol. The molecule has 1 saturated heterocycles. The van der Waals surface area contributed by atoms with Crippen LogP contribution in [0.25, 0.3) is 0 Å². The molecule has 5 nitrogen and oxygen atoms in total. The third-order valence-electron chi connectivity index (χ3n) is 4.11. The summed E-state index contributed by atoms with van der Waals surface area (Å²) in [6.45, 7) is 5.02. The molecule has 1 heterocycles. The summed E-state index contributed by atoms with van der Waals surface area (Å²) in [7, 11) is 2.71. The van der Waals surface area contributed by atoms with Crippen LogP contribution in [0.3, 0.4) is 0 Å². The minimum absolute atomic E-state index is 0.113. The minimum Gasteiger partial charge on any atom is -0.397 e. The summed E-state index contributed by atoms with van der Waals surface area (Å²) in [4.78, 5) is 0. The van der Waals surface area contributed by atoms with Gasteiger partial charge in [-0.25, -0.2) is 0 Å². The number of nitrogens with two attached hydrogens (primary N) is 1. The second-order valence-corrected chi connectivity index (χ2v) is 9.46. The lowest BCUT2D eigenvalue weighted by atomic mass is 9.91. The quantitative estimate of drug-likeness (QED) is 0.575. The maximum absolute atomic E-state index is 6.18. The Bertz CT molecular complexity index is 284. The summed E-state index contributed by atoms with van der Waals surface area (Å²) >= 11 is 0. The zero-order valence-corrected chi connectivity index (χ0v) is 14.0. The van der Waals surface area contributed by atoms with Crippen molar-refractivity contribution in [3.05, 3.63) is 0 Å². The molecule has 0 spiro atoms. The van der Waals surface area contributed by atoms with Gasteiger partial charge in [-0.3, -0.25) is 0 Å². The molecule has 1 fully saturated rings. The fraction of sp³-hybridized carbons (Fsp3) is 1.00. The lowest BCUT2D eigenvalue weighted by molar-refractivity contribution is -0.341. The fourth-order valence-corrected chi connectivity index (χ4v) is 5.94. The van der Waals surface area contributed by atoms with Crippen molar-refractivity contribution in [3.8, 4) is 0 Å². The number of methoxy groups -OCH3 is 2. The molecule has 2 N–H and O–H groups in total. The molecule has 0 bridgehead atoms. The van der Waals surface area contributed by atoms with Crippen LogP contribution in [-0.2, 0) is 18.3 Å². The van der Waals surface area contributed by atoms with Crippen LogP contribution in [-0.4, -0.2) is 42.4 Å². The summed E-state index contributed by atoms with van der Waals surface area (Å²) in [5, 5.41) is 0. The molecule has 1 atom stereocenters. The molecule has 0 amide bonds. The highest BCUT2D eigenvalue weighted by atomic mass is 28.4. The summed E-state index contributed by atoms with van der Waals surface area (Å²) < 4.78 is 22.8. The molecule has 0 radical (unpaired) electrons. The van der Waals surface area contributed by atoms with Crippen LogP contribution < -0.4 is 5.73 Å². The largest absolute Gasteiger partial charge is 0.397 e. The third kappa shape index (κ3) is 4.24. The Hall–Kier alpha value is 0.0169. The van der Waals surface area contributed by atoms with E-state index in [0.29, 0.717) is 6.54 Å². The van der Waals surface area contributed by atoms with E-state index >= 15 is 0 Å². The van der Waals surface area contributed by atoms with Gasteiger partial charge in [-0.05, 0) is 36.9 Å². The number of hydrogen-bond donors (Lipinski definition) is 1. The van der Waals surface area contributed by atoms with Crippen LogP contribution >= 0.6 is 0 Å². The van der Waals surface area contributed by atoms with E-state index in [2.05, 4.69) is 13.8 Å². The van der Waals surface area contributed by atoms with Crippen molar-refractivity contribution in [2.45, 2.75) is 51.2 Å². The summed E-state index contributed by atoms with van der Waals surface area (Å²) in [5.74, 6) is -0.923. The van der Waals surface area contributed by atoms with Gasteiger partial charge in [0.25, 0.3) is 5.97 Å². The van der Waals surface area contributed by atoms with Crippen molar-refractivity contribution in [2.75, 3.05) is 27.9 Å². The average Bonchev–Trinajstić information content (AvgIpc) is 2.45. The Morgan fingerprint density at radius 2 is 1.89 bits per heavy atom. The molecule has 0 aromatic heterocycles. The van der Waals surface area contributed by atoms with Crippen molar-refractivity contribution in [3.63, 3.8) is 0 Å². The number of rotatable bonds is 7. The first-order chi connectivity index (χ1) is 8.86. The van der Waals surface area contributed by atoms with Gasteiger partial charge in [0.05, 0.1) is 0 Å². The summed E-state index contributed by atoms with van der Waals surface area (Å²) in [6.07, 6.45) is 2.75. The Morgan fingerprint density at radius 3 is 2.37 bits per heavy atom. The van der Waals surface area contributed by atoms with Crippen LogP contribution in [0.2, 0.25) is 12.1 Å². The molecular formula is C13H29NO4Si. The van der Waals surface area contributed by atoms with E-state index in [0.717, 1.165) is 31.4 Å². The van der Waals surface area contributed by atoms with Gasteiger partial charge in [-0.15, -0.1) is 0 Å². The minimum atomic E-state index is -2.27. The van der Waals surface area contributed by atoms with E-state index < -0.39 is 14.5 Å². The first-order valence-corrected chi connectivity index (χ1v) is 9.15. The van der Waals surface area contributed by atoms with Gasteiger partial charge >= 0.3 is 8.56 Å². The molecule has 19 heavy (non-hydrogen) atoms. The Balaban J connectivity index is 2.74. The van der Waals surface area contributed by atoms with Crippen molar-refractivity contribution >= 4 is 8.56 Å². The van der Waals surface area contributed by atoms with Gasteiger partial charge in [0.2, 0.25) is 0 Å². The highest BCUT2D eigenvalue weighted by molar-refractivity contribution is 6.67. The smallest absolute Gasteiger partial charge is 0.342 e. The molecular weight excluding hydrogens is 262 g/mol. The monoisotopic (exact) mass is 291 g/mol. The van der Waals surface area contributed by atoms with Crippen molar-refractivity contribution in [1.82, 2.24) is 0 Å². The van der Waals surface area contributed by atoms with Gasteiger partial charge < -0.3 is 24.1 Å². The molecule has 0 aromatic rings. The molecule has 0 aliphatic carbocycles. The van der Waals surface area contributed by atoms with E-state index in [1.54, 1.807) is 21.3 Å². The highest BCUT2D eigenvalue weighted by Crippen LogP contribution is 2.39. The Morgan fingerprint density at radius 1 is 1.26 bits per heavy atom. The topological polar surface area (TPSA) is 62.9 Å². The van der Waals surface area contributed by atoms with Crippen LogP contribution in [0.5, 0.6) is 0 Å². The first kappa shape index (κ1) is 17.1. The van der Waals surface area contributed by atoms with Crippen molar-refractivity contribution < 1.29 is 18.3 Å². The van der Waals surface area contributed by atoms with E-state index in [1.807, 2.05) is 0 Å². The molecule has 6 heteroatoms. The van der Waals surface area contributed by atoms with Gasteiger partial charge in [0.1, 0.15) is 0 Å². The summed E-state index contributed by atoms with van der Waals surface area (Å²) in [5.41, 5.74) is 5.91. The normalized spacial score (nSPS) is 27.5. The second kappa shape index (κ2) is 6.65. The van der Waals surface area contributed by atoms with Gasteiger partial charge in [-0.2, -0.15) is 0 Å². The Kier molecular flexibility index (Phi) is 5.97. The lowest BCUT2D eigenvalue weighted by Crippen LogP contribution is -2.55. The van der Waals surface area contributed by atoms with Crippen LogP contribution in [0.4, 0.5) is 0 Å². The number of hydrogen-bond acceptors (Lipinski definition) is 5. The molecule has 0 aromatic carbocycles. The van der Waals surface area contributed by atoms with E-state index in [4.69, 9.17) is 24.1 Å². The molecule has 1 rings (SSSR count). The molecule has 114 valence electrons. The number of ether oxygens (including phenoxy) is 2. The maximum atomic E-state index is 6.18. The van der Waals surface area contributed by atoms with Crippen LogP contribution in [0.1, 0.15) is 33.1 Å². The highest BCUT2D eigenvalue weighted by Gasteiger charge is 2.50. The van der Waals surface area contributed by atoms with E-state index in [1.165, 1.54) is 0 Å². The fourth-order valence-electron chi connectivity index (χ4n) is 2.38. The average molecular weight is 291 g/mol. The zero-order valence-electron chi connectivity index (χ0n) is 13.0. The Labute approximate surface area is 118 Å². The van der Waals surface area contributed by atoms with Crippen molar-refractivity contribution in [2.24, 2.45) is 11.1 Å². The SMILES string of the molecule is COC1(OC)CCC[Si](CCC(C)(C)CN)(OC)O1. The van der Waals surface area contributed by atoms with Gasteiger partial charge in [-0.1, -0.05) is 13.8 Å². The molecule has 1 aliphatic heterocycles. The van der Waals surface area contributed by atoms with E-state index in [-0.39, 0.29) is 5.41 Å². The zero-order chi connectivity index (χ0) is 14.6. The van der Waals surface area contributed by atoms with Crippen molar-refractivity contribution in [1.29, 1.82) is 0 Å². The first-order valence-electron chi connectivity index (χ1n) is 6.92. The third-order valence-corrected chi connectivity index (χ3v) is 7.67. The molecule has 1 unspecified atom stereocenters. The lowest BCUT2D eigenvalue weighted by Gasteiger charge is -2.44. The summed E-state index contributed by atoms with van der Waals surface area (Å²) in [6, 6.07) is 1.90. The molecule has 0 saturated carbocycles. The van der Waals surface area contributed by atoms with Gasteiger partial charge in [0, 0.05) is 27.8 Å². The maximum Gasteiger partial charge on any atom is 0.342 e. The van der Waals surface area contributed by atoms with E-state index in [9.17, 15) is 0 Å². The second-order valence-electron chi connectivity index (χ2n) is 6.03. The molecule has 1 aliphatic rings.